The highest BCUT2D eigenvalue weighted by Gasteiger charge is 2.29. The monoisotopic (exact) mass is 508 g/mol. The van der Waals surface area contributed by atoms with Crippen LogP contribution in [0.4, 0.5) is 4.79 Å². The van der Waals surface area contributed by atoms with Gasteiger partial charge < -0.3 is 20.1 Å². The van der Waals surface area contributed by atoms with Crippen LogP contribution >= 0.6 is 12.4 Å². The Kier molecular flexibility index (Phi) is 9.91. The van der Waals surface area contributed by atoms with Crippen LogP contribution in [0.3, 0.4) is 0 Å². The van der Waals surface area contributed by atoms with Crippen molar-refractivity contribution < 1.29 is 19.4 Å². The summed E-state index contributed by atoms with van der Waals surface area (Å²) in [5.41, 5.74) is 5.82. The summed E-state index contributed by atoms with van der Waals surface area (Å²) in [6, 6.07) is 25.5. The number of hydrogen-bond donors (Lipinski definition) is 2. The van der Waals surface area contributed by atoms with Gasteiger partial charge in [-0.05, 0) is 60.7 Å². The smallest absolute Gasteiger partial charge is 0.407 e. The third-order valence-electron chi connectivity index (χ3n) is 6.59. The van der Waals surface area contributed by atoms with E-state index in [9.17, 15) is 14.7 Å². The fourth-order valence-electron chi connectivity index (χ4n) is 4.68. The van der Waals surface area contributed by atoms with E-state index in [0.717, 1.165) is 41.8 Å². The van der Waals surface area contributed by atoms with E-state index in [2.05, 4.69) is 46.6 Å². The van der Waals surface area contributed by atoms with Crippen molar-refractivity contribution in [3.63, 3.8) is 0 Å². The number of hydrogen-bond acceptors (Lipinski definition) is 4. The summed E-state index contributed by atoms with van der Waals surface area (Å²) in [4.78, 5) is 26.4. The number of halogens is 1. The predicted octanol–water partition coefficient (Wildman–Crippen LogP) is 5.35. The van der Waals surface area contributed by atoms with E-state index in [1.807, 2.05) is 49.5 Å². The highest BCUT2D eigenvalue weighted by atomic mass is 35.5. The zero-order chi connectivity index (χ0) is 24.6. The first-order valence-corrected chi connectivity index (χ1v) is 12.1. The van der Waals surface area contributed by atoms with E-state index >= 15 is 0 Å². The van der Waals surface area contributed by atoms with Crippen LogP contribution in [-0.2, 0) is 16.0 Å². The molecule has 1 atom stereocenters. The van der Waals surface area contributed by atoms with Crippen molar-refractivity contribution in [1.82, 2.24) is 10.2 Å². The Hall–Kier alpha value is -3.35. The molecule has 0 radical (unpaired) electrons. The van der Waals surface area contributed by atoms with Gasteiger partial charge in [0.15, 0.2) is 0 Å². The number of aliphatic carboxylic acids is 1. The molecule has 0 unspecified atom stereocenters. The number of carbonyl (C=O) groups excluding carboxylic acids is 1. The minimum absolute atomic E-state index is 0. The lowest BCUT2D eigenvalue weighted by molar-refractivity contribution is -0.139. The Morgan fingerprint density at radius 1 is 0.917 bits per heavy atom. The molecule has 0 aromatic heterocycles. The quantitative estimate of drug-likeness (QED) is 0.365. The second-order valence-corrected chi connectivity index (χ2v) is 9.04. The van der Waals surface area contributed by atoms with Gasteiger partial charge >= 0.3 is 12.1 Å². The largest absolute Gasteiger partial charge is 0.480 e. The van der Waals surface area contributed by atoms with Crippen molar-refractivity contribution >= 4 is 24.5 Å². The SMILES string of the molecule is CN(CCC[C@H](NC(=O)OCC1c2ccccc2-c2ccccc21)C(=O)O)CCc1ccccc1.Cl. The molecule has 0 saturated heterocycles. The molecule has 0 saturated carbocycles. The van der Waals surface area contributed by atoms with Gasteiger partial charge in [-0.15, -0.1) is 12.4 Å². The summed E-state index contributed by atoms with van der Waals surface area (Å²) >= 11 is 0. The lowest BCUT2D eigenvalue weighted by atomic mass is 9.98. The molecule has 6 nitrogen and oxygen atoms in total. The molecule has 0 heterocycles. The molecule has 1 aliphatic carbocycles. The summed E-state index contributed by atoms with van der Waals surface area (Å²) < 4.78 is 5.51. The number of carboxylic acid groups (broad SMARTS) is 1. The van der Waals surface area contributed by atoms with Crippen molar-refractivity contribution in [2.45, 2.75) is 31.2 Å². The summed E-state index contributed by atoms with van der Waals surface area (Å²) in [5.74, 6) is -1.11. The first kappa shape index (κ1) is 27.2. The number of ether oxygens (including phenoxy) is 1. The predicted molar refractivity (Wildman–Crippen MR) is 144 cm³/mol. The maximum atomic E-state index is 12.5. The van der Waals surface area contributed by atoms with Crippen molar-refractivity contribution in [2.75, 3.05) is 26.7 Å². The fraction of sp³-hybridized carbons (Fsp3) is 0.310. The highest BCUT2D eigenvalue weighted by molar-refractivity contribution is 5.85. The molecule has 1 aliphatic rings. The van der Waals surface area contributed by atoms with E-state index in [-0.39, 0.29) is 24.9 Å². The molecule has 2 N–H and O–H groups in total. The third kappa shape index (κ3) is 6.86. The summed E-state index contributed by atoms with van der Waals surface area (Å²) in [5, 5.41) is 12.1. The average molecular weight is 509 g/mol. The van der Waals surface area contributed by atoms with Gasteiger partial charge in [-0.25, -0.2) is 9.59 Å². The Morgan fingerprint density at radius 2 is 1.50 bits per heavy atom. The Morgan fingerprint density at radius 3 is 2.11 bits per heavy atom. The van der Waals surface area contributed by atoms with E-state index in [4.69, 9.17) is 4.74 Å². The van der Waals surface area contributed by atoms with Gasteiger partial charge in [0, 0.05) is 12.5 Å². The molecule has 36 heavy (non-hydrogen) atoms. The number of carbonyl (C=O) groups is 2. The van der Waals surface area contributed by atoms with Crippen LogP contribution in [0.25, 0.3) is 11.1 Å². The molecule has 3 aromatic carbocycles. The highest BCUT2D eigenvalue weighted by Crippen LogP contribution is 2.44. The second kappa shape index (κ2) is 13.1. The summed E-state index contributed by atoms with van der Waals surface area (Å²) in [6.07, 6.45) is 1.25. The second-order valence-electron chi connectivity index (χ2n) is 9.04. The van der Waals surface area contributed by atoms with Crippen molar-refractivity contribution in [2.24, 2.45) is 0 Å². The van der Waals surface area contributed by atoms with Crippen LogP contribution in [0.1, 0.15) is 35.4 Å². The average Bonchev–Trinajstić information content (AvgIpc) is 3.20. The number of amides is 1. The van der Waals surface area contributed by atoms with Crippen LogP contribution in [-0.4, -0.2) is 54.9 Å². The van der Waals surface area contributed by atoms with Crippen LogP contribution in [0.15, 0.2) is 78.9 Å². The maximum Gasteiger partial charge on any atom is 0.407 e. The summed E-state index contributed by atoms with van der Waals surface area (Å²) in [7, 11) is 2.03. The lowest BCUT2D eigenvalue weighted by Crippen LogP contribution is -2.41. The molecule has 0 spiro atoms. The van der Waals surface area contributed by atoms with Gasteiger partial charge in [0.1, 0.15) is 12.6 Å². The number of nitrogens with zero attached hydrogens (tertiary/aromatic N) is 1. The minimum Gasteiger partial charge on any atom is -0.480 e. The molecule has 0 bridgehead atoms. The first-order valence-electron chi connectivity index (χ1n) is 12.1. The van der Waals surface area contributed by atoms with Crippen LogP contribution in [0.5, 0.6) is 0 Å². The Bertz CT molecular complexity index is 1110. The molecule has 190 valence electrons. The molecule has 3 aromatic rings. The van der Waals surface area contributed by atoms with Gasteiger partial charge in [0.25, 0.3) is 0 Å². The topological polar surface area (TPSA) is 78.9 Å². The molecule has 0 fully saturated rings. The van der Waals surface area contributed by atoms with E-state index in [1.165, 1.54) is 5.56 Å². The van der Waals surface area contributed by atoms with Gasteiger partial charge in [0.05, 0.1) is 0 Å². The lowest BCUT2D eigenvalue weighted by Gasteiger charge is -2.19. The zero-order valence-electron chi connectivity index (χ0n) is 20.4. The molecule has 4 rings (SSSR count). The summed E-state index contributed by atoms with van der Waals surface area (Å²) in [6.45, 7) is 1.80. The third-order valence-corrected chi connectivity index (χ3v) is 6.59. The van der Waals surface area contributed by atoms with Gasteiger partial charge in [-0.3, -0.25) is 0 Å². The number of alkyl carbamates (subject to hydrolysis) is 1. The van der Waals surface area contributed by atoms with Crippen molar-refractivity contribution in [3.8, 4) is 11.1 Å². The number of benzene rings is 3. The Labute approximate surface area is 218 Å². The number of nitrogens with one attached hydrogen (secondary N) is 1. The van der Waals surface area contributed by atoms with Gasteiger partial charge in [0.2, 0.25) is 0 Å². The van der Waals surface area contributed by atoms with E-state index < -0.39 is 18.1 Å². The number of carboxylic acids is 1. The molecule has 0 aliphatic heterocycles. The Balaban J connectivity index is 0.00000361. The molecular weight excluding hydrogens is 476 g/mol. The normalized spacial score (nSPS) is 12.8. The first-order chi connectivity index (χ1) is 17.0. The minimum atomic E-state index is -1.05. The van der Waals surface area contributed by atoms with Crippen LogP contribution in [0.2, 0.25) is 0 Å². The standard InChI is InChI=1S/C29H32N2O4.ClH/c1-31(19-17-21-10-3-2-4-11-21)18-9-16-27(28(32)33)30-29(34)35-20-26-24-14-7-5-12-22(24)23-13-6-8-15-25(23)26;/h2-8,10-15,26-27H,9,16-20H2,1H3,(H,30,34)(H,32,33);1H/t27-;/m0./s1. The van der Waals surface area contributed by atoms with E-state index in [1.54, 1.807) is 0 Å². The molecule has 7 heteroatoms. The van der Waals surface area contributed by atoms with E-state index in [0.29, 0.717) is 12.8 Å². The number of fused-ring (bicyclic) bond motifs is 3. The van der Waals surface area contributed by atoms with Gasteiger partial charge in [-0.2, -0.15) is 0 Å². The number of likely N-dealkylation sites (N-methyl/N-ethyl adjacent to an activating group) is 1. The van der Waals surface area contributed by atoms with Crippen molar-refractivity contribution in [3.05, 3.63) is 95.6 Å². The molecule has 1 amide bonds. The van der Waals surface area contributed by atoms with Crippen LogP contribution < -0.4 is 5.32 Å². The van der Waals surface area contributed by atoms with Crippen molar-refractivity contribution in [1.29, 1.82) is 0 Å². The number of rotatable bonds is 11. The fourth-order valence-corrected chi connectivity index (χ4v) is 4.68. The zero-order valence-corrected chi connectivity index (χ0v) is 21.2. The van der Waals surface area contributed by atoms with Gasteiger partial charge in [-0.1, -0.05) is 78.9 Å². The van der Waals surface area contributed by atoms with Crippen LogP contribution in [0, 0.1) is 0 Å². The maximum absolute atomic E-state index is 12.5. The molecular formula is C29H33ClN2O4.